The van der Waals surface area contributed by atoms with Gasteiger partial charge in [-0.15, -0.1) is 0 Å². The summed E-state index contributed by atoms with van der Waals surface area (Å²) in [6, 6.07) is 0. The van der Waals surface area contributed by atoms with E-state index in [1.54, 1.807) is 0 Å². The Morgan fingerprint density at radius 2 is 2.45 bits per heavy atom. The molecule has 1 aliphatic heterocycles. The molecule has 0 amide bonds. The zero-order chi connectivity index (χ0) is 7.94. The molecule has 3 heteroatoms. The molecule has 0 aliphatic carbocycles. The van der Waals surface area contributed by atoms with Gasteiger partial charge < -0.3 is 10.1 Å². The number of rotatable bonds is 5. The molecule has 1 aliphatic rings. The minimum atomic E-state index is 0.781. The van der Waals surface area contributed by atoms with E-state index >= 15 is 0 Å². The highest BCUT2D eigenvalue weighted by Gasteiger charge is 2.04. The van der Waals surface area contributed by atoms with E-state index in [9.17, 15) is 0 Å². The van der Waals surface area contributed by atoms with Gasteiger partial charge in [0, 0.05) is 13.0 Å². The number of ether oxygens (including phenoxy) is 1. The molecule has 64 valence electrons. The fraction of sp³-hybridized carbons (Fsp3) is 0.875. The molecule has 3 nitrogen and oxygen atoms in total. The molecular weight excluding hydrogens is 140 g/mol. The molecular formula is C8H16N2O. The average Bonchev–Trinajstić information content (AvgIpc) is 2.50. The lowest BCUT2D eigenvalue weighted by Gasteiger charge is -2.02. The molecule has 0 saturated carbocycles. The van der Waals surface area contributed by atoms with Crippen LogP contribution in [0.4, 0.5) is 0 Å². The molecule has 0 atom stereocenters. The van der Waals surface area contributed by atoms with Crippen LogP contribution >= 0.6 is 0 Å². The van der Waals surface area contributed by atoms with Crippen LogP contribution in [0.5, 0.6) is 0 Å². The number of hydrogen-bond acceptors (Lipinski definition) is 3. The smallest absolute Gasteiger partial charge is 0.184 e. The first-order chi connectivity index (χ1) is 5.43. The van der Waals surface area contributed by atoms with Crippen molar-refractivity contribution in [2.75, 3.05) is 26.2 Å². The largest absolute Gasteiger partial charge is 0.479 e. The van der Waals surface area contributed by atoms with E-state index < -0.39 is 0 Å². The topological polar surface area (TPSA) is 33.6 Å². The second-order valence-corrected chi connectivity index (χ2v) is 2.62. The van der Waals surface area contributed by atoms with E-state index in [1.807, 2.05) is 0 Å². The third kappa shape index (κ3) is 3.37. The van der Waals surface area contributed by atoms with Gasteiger partial charge in [0.15, 0.2) is 5.90 Å². The van der Waals surface area contributed by atoms with E-state index in [-0.39, 0.29) is 0 Å². The Morgan fingerprint density at radius 1 is 1.55 bits per heavy atom. The van der Waals surface area contributed by atoms with Crippen LogP contribution in [0.15, 0.2) is 4.99 Å². The zero-order valence-corrected chi connectivity index (χ0v) is 7.10. The van der Waals surface area contributed by atoms with E-state index in [0.29, 0.717) is 0 Å². The Kier molecular flexibility index (Phi) is 3.98. The SMILES string of the molecule is CCCNCCC1=NCCO1. The second kappa shape index (κ2) is 5.13. The molecule has 0 aromatic rings. The molecule has 1 rings (SSSR count). The minimum absolute atomic E-state index is 0.781. The van der Waals surface area contributed by atoms with Gasteiger partial charge in [0.05, 0.1) is 6.54 Å². The summed E-state index contributed by atoms with van der Waals surface area (Å²) in [4.78, 5) is 4.19. The van der Waals surface area contributed by atoms with Gasteiger partial charge in [-0.05, 0) is 13.0 Å². The predicted octanol–water partition coefficient (Wildman–Crippen LogP) is 0.805. The molecule has 0 spiro atoms. The van der Waals surface area contributed by atoms with Crippen LogP contribution in [0, 0.1) is 0 Å². The summed E-state index contributed by atoms with van der Waals surface area (Å²) < 4.78 is 5.24. The average molecular weight is 156 g/mol. The maximum absolute atomic E-state index is 5.24. The third-order valence-electron chi connectivity index (χ3n) is 1.59. The molecule has 11 heavy (non-hydrogen) atoms. The van der Waals surface area contributed by atoms with Gasteiger partial charge in [-0.25, -0.2) is 0 Å². The molecule has 0 radical (unpaired) electrons. The molecule has 0 saturated heterocycles. The van der Waals surface area contributed by atoms with Crippen molar-refractivity contribution < 1.29 is 4.74 Å². The monoisotopic (exact) mass is 156 g/mol. The summed E-state index contributed by atoms with van der Waals surface area (Å²) in [5.41, 5.74) is 0. The van der Waals surface area contributed by atoms with Gasteiger partial charge in [0.2, 0.25) is 0 Å². The summed E-state index contributed by atoms with van der Waals surface area (Å²) in [5, 5.41) is 3.30. The maximum Gasteiger partial charge on any atom is 0.184 e. The fourth-order valence-electron chi connectivity index (χ4n) is 1.03. The molecule has 0 aromatic heterocycles. The van der Waals surface area contributed by atoms with Crippen molar-refractivity contribution in [1.82, 2.24) is 5.32 Å². The van der Waals surface area contributed by atoms with Crippen LogP contribution in [-0.2, 0) is 4.74 Å². The lowest BCUT2D eigenvalue weighted by Crippen LogP contribution is -2.18. The lowest BCUT2D eigenvalue weighted by molar-refractivity contribution is 0.337. The van der Waals surface area contributed by atoms with Gasteiger partial charge in [-0.3, -0.25) is 4.99 Å². The van der Waals surface area contributed by atoms with E-state index in [0.717, 1.165) is 38.6 Å². The zero-order valence-electron chi connectivity index (χ0n) is 7.10. The molecule has 1 N–H and O–H groups in total. The van der Waals surface area contributed by atoms with Crippen LogP contribution in [0.1, 0.15) is 19.8 Å². The summed E-state index contributed by atoms with van der Waals surface area (Å²) in [5.74, 6) is 0.925. The van der Waals surface area contributed by atoms with Gasteiger partial charge in [-0.2, -0.15) is 0 Å². The summed E-state index contributed by atoms with van der Waals surface area (Å²) in [6.07, 6.45) is 2.13. The standard InChI is InChI=1S/C8H16N2O/c1-2-4-9-5-3-8-10-6-7-11-8/h9H,2-7H2,1H3. The molecule has 0 unspecified atom stereocenters. The van der Waals surface area contributed by atoms with Crippen molar-refractivity contribution in [2.45, 2.75) is 19.8 Å². The fourth-order valence-corrected chi connectivity index (χ4v) is 1.03. The Hall–Kier alpha value is -0.570. The van der Waals surface area contributed by atoms with Crippen molar-refractivity contribution in [3.63, 3.8) is 0 Å². The maximum atomic E-state index is 5.24. The Balaban J connectivity index is 1.94. The minimum Gasteiger partial charge on any atom is -0.479 e. The lowest BCUT2D eigenvalue weighted by atomic mass is 10.4. The first kappa shape index (κ1) is 8.53. The summed E-state index contributed by atoms with van der Waals surface area (Å²) in [7, 11) is 0. The van der Waals surface area contributed by atoms with E-state index in [2.05, 4.69) is 17.2 Å². The van der Waals surface area contributed by atoms with Gasteiger partial charge in [0.25, 0.3) is 0 Å². The van der Waals surface area contributed by atoms with Crippen molar-refractivity contribution in [3.05, 3.63) is 0 Å². The Morgan fingerprint density at radius 3 is 3.09 bits per heavy atom. The second-order valence-electron chi connectivity index (χ2n) is 2.62. The van der Waals surface area contributed by atoms with Gasteiger partial charge in [0.1, 0.15) is 6.61 Å². The molecule has 0 fully saturated rings. The summed E-state index contributed by atoms with van der Waals surface area (Å²) in [6.45, 7) is 5.88. The molecule has 0 aromatic carbocycles. The Labute approximate surface area is 67.8 Å². The van der Waals surface area contributed by atoms with Crippen molar-refractivity contribution in [3.8, 4) is 0 Å². The Bertz CT molecular complexity index is 134. The molecule has 0 bridgehead atoms. The highest BCUT2D eigenvalue weighted by Crippen LogP contribution is 1.96. The normalized spacial score (nSPS) is 16.3. The van der Waals surface area contributed by atoms with E-state index in [1.165, 1.54) is 6.42 Å². The highest BCUT2D eigenvalue weighted by molar-refractivity contribution is 5.77. The van der Waals surface area contributed by atoms with Crippen LogP contribution in [0.3, 0.4) is 0 Å². The summed E-state index contributed by atoms with van der Waals surface area (Å²) >= 11 is 0. The number of nitrogens with one attached hydrogen (secondary N) is 1. The number of aliphatic imine (C=N–C) groups is 1. The van der Waals surface area contributed by atoms with Crippen LogP contribution in [-0.4, -0.2) is 32.1 Å². The van der Waals surface area contributed by atoms with Crippen LogP contribution in [0.2, 0.25) is 0 Å². The highest BCUT2D eigenvalue weighted by atomic mass is 16.5. The number of nitrogens with zero attached hydrogens (tertiary/aromatic N) is 1. The van der Waals surface area contributed by atoms with E-state index in [4.69, 9.17) is 4.74 Å². The van der Waals surface area contributed by atoms with Crippen molar-refractivity contribution in [1.29, 1.82) is 0 Å². The van der Waals surface area contributed by atoms with Gasteiger partial charge in [-0.1, -0.05) is 6.92 Å². The van der Waals surface area contributed by atoms with Crippen molar-refractivity contribution >= 4 is 5.90 Å². The van der Waals surface area contributed by atoms with Crippen LogP contribution in [0.25, 0.3) is 0 Å². The van der Waals surface area contributed by atoms with Crippen molar-refractivity contribution in [2.24, 2.45) is 4.99 Å². The quantitative estimate of drug-likeness (QED) is 0.597. The number of hydrogen-bond donors (Lipinski definition) is 1. The third-order valence-corrected chi connectivity index (χ3v) is 1.59. The first-order valence-corrected chi connectivity index (χ1v) is 4.30. The first-order valence-electron chi connectivity index (χ1n) is 4.30. The van der Waals surface area contributed by atoms with Gasteiger partial charge >= 0.3 is 0 Å². The predicted molar refractivity (Wildman–Crippen MR) is 46.0 cm³/mol. The van der Waals surface area contributed by atoms with Crippen LogP contribution < -0.4 is 5.32 Å². The molecule has 1 heterocycles.